The van der Waals surface area contributed by atoms with Crippen LogP contribution in [0.25, 0.3) is 22.5 Å². The van der Waals surface area contributed by atoms with Crippen LogP contribution in [-0.4, -0.2) is 33.2 Å². The highest BCUT2D eigenvalue weighted by Crippen LogP contribution is 2.30. The number of ether oxygens (including phenoxy) is 1. The van der Waals surface area contributed by atoms with E-state index < -0.39 is 18.5 Å². The minimum Gasteiger partial charge on any atom is -0.475 e. The fourth-order valence-electron chi connectivity index (χ4n) is 2.99. The van der Waals surface area contributed by atoms with Crippen LogP contribution in [0.3, 0.4) is 0 Å². The van der Waals surface area contributed by atoms with Crippen LogP contribution in [0.15, 0.2) is 73.1 Å². The van der Waals surface area contributed by atoms with E-state index in [2.05, 4.69) is 9.72 Å². The molecule has 0 aliphatic carbocycles. The van der Waals surface area contributed by atoms with Crippen LogP contribution in [0.2, 0.25) is 0 Å². The summed E-state index contributed by atoms with van der Waals surface area (Å²) in [4.78, 5) is 13.4. The molecule has 2 aliphatic rings. The first kappa shape index (κ1) is 25.5. The number of carbonyl (C=O) groups is 1. The Morgan fingerprint density at radius 1 is 0.943 bits per heavy atom. The van der Waals surface area contributed by atoms with Crippen LogP contribution in [0.5, 0.6) is 5.75 Å². The first-order chi connectivity index (χ1) is 16.3. The molecule has 2 aliphatic heterocycles. The molecule has 2 aromatic rings. The van der Waals surface area contributed by atoms with Crippen LogP contribution in [-0.2, 0) is 11.3 Å². The topological polar surface area (TPSA) is 64.4 Å². The van der Waals surface area contributed by atoms with Gasteiger partial charge in [-0.15, -0.1) is 13.2 Å². The molecule has 0 bridgehead atoms. The lowest BCUT2D eigenvalue weighted by atomic mass is 10.1. The van der Waals surface area contributed by atoms with Gasteiger partial charge in [0.05, 0.1) is 11.4 Å². The van der Waals surface area contributed by atoms with E-state index in [-0.39, 0.29) is 11.6 Å². The Morgan fingerprint density at radius 3 is 2.14 bits per heavy atom. The van der Waals surface area contributed by atoms with E-state index in [0.29, 0.717) is 17.8 Å². The number of hydrogen-bond acceptors (Lipinski definition) is 3. The molecular formula is C23H15F7N2O3. The van der Waals surface area contributed by atoms with Crippen molar-refractivity contribution in [2.24, 2.45) is 0 Å². The highest BCUT2D eigenvalue weighted by atomic mass is 19.4. The predicted octanol–water partition coefficient (Wildman–Crippen LogP) is 6.37. The number of benzene rings is 2. The Hall–Kier alpha value is -4.09. The molecular weight excluding hydrogens is 485 g/mol. The standard InChI is InChI=1S/C21H14F4N2O.C2HF3O2/c22-18-4-2-1-3-17(18)20-11-15-13-27(10-9-19(15)26-20)12-14-5-7-16(8-6-14)28-21(23,24)25;3-2(4,5)1(6)7/h1-11,13H,12H2;(H,6,7). The SMILES string of the molecule is Fc1ccccc1-c1cc2cn(Cc3ccc(OC(F)(F)F)cc3)ccc-2n1.O=C(O)C(F)(F)F. The monoisotopic (exact) mass is 500 g/mol. The molecule has 2 aromatic carbocycles. The lowest BCUT2D eigenvalue weighted by Gasteiger charge is -2.11. The predicted molar refractivity (Wildman–Crippen MR) is 110 cm³/mol. The third-order valence-electron chi connectivity index (χ3n) is 4.47. The molecule has 0 atom stereocenters. The molecule has 0 fully saturated rings. The molecule has 0 spiro atoms. The Kier molecular flexibility index (Phi) is 7.32. The van der Waals surface area contributed by atoms with Crippen molar-refractivity contribution in [3.63, 3.8) is 0 Å². The number of aromatic nitrogens is 2. The fourth-order valence-corrected chi connectivity index (χ4v) is 2.99. The van der Waals surface area contributed by atoms with Crippen LogP contribution >= 0.6 is 0 Å². The minimum absolute atomic E-state index is 0.258. The van der Waals surface area contributed by atoms with Crippen LogP contribution in [0.4, 0.5) is 30.7 Å². The summed E-state index contributed by atoms with van der Waals surface area (Å²) in [7, 11) is 0. The number of aliphatic carboxylic acids is 1. The van der Waals surface area contributed by atoms with Gasteiger partial charge >= 0.3 is 18.5 Å². The third kappa shape index (κ3) is 7.19. The van der Waals surface area contributed by atoms with Gasteiger partial charge in [0, 0.05) is 30.1 Å². The highest BCUT2D eigenvalue weighted by molar-refractivity contribution is 5.73. The largest absolute Gasteiger partial charge is 0.573 e. The lowest BCUT2D eigenvalue weighted by molar-refractivity contribution is -0.274. The number of halogens is 7. The van der Waals surface area contributed by atoms with Crippen molar-refractivity contribution in [3.05, 3.63) is 84.4 Å². The normalized spacial score (nSPS) is 11.6. The summed E-state index contributed by atoms with van der Waals surface area (Å²) in [6.07, 6.45) is -6.10. The Bertz CT molecular complexity index is 1270. The zero-order valence-corrected chi connectivity index (χ0v) is 17.4. The van der Waals surface area contributed by atoms with E-state index in [0.717, 1.165) is 16.8 Å². The van der Waals surface area contributed by atoms with Crippen molar-refractivity contribution >= 4 is 5.97 Å². The number of hydrogen-bond donors (Lipinski definition) is 1. The number of carboxylic acid groups (broad SMARTS) is 1. The van der Waals surface area contributed by atoms with E-state index >= 15 is 0 Å². The summed E-state index contributed by atoms with van der Waals surface area (Å²) < 4.78 is 88.2. The van der Waals surface area contributed by atoms with Gasteiger partial charge in [-0.05, 0) is 42.0 Å². The van der Waals surface area contributed by atoms with Crippen molar-refractivity contribution in [1.29, 1.82) is 0 Å². The molecule has 0 radical (unpaired) electrons. The maximum Gasteiger partial charge on any atom is 0.573 e. The van der Waals surface area contributed by atoms with Gasteiger partial charge < -0.3 is 14.4 Å². The zero-order valence-electron chi connectivity index (χ0n) is 17.4. The van der Waals surface area contributed by atoms with Gasteiger partial charge in [0.1, 0.15) is 11.6 Å². The van der Waals surface area contributed by atoms with Crippen LogP contribution in [0.1, 0.15) is 5.56 Å². The van der Waals surface area contributed by atoms with Gasteiger partial charge in [-0.3, -0.25) is 0 Å². The average Bonchev–Trinajstić information content (AvgIpc) is 3.17. The van der Waals surface area contributed by atoms with Crippen LogP contribution in [0, 0.1) is 5.82 Å². The third-order valence-corrected chi connectivity index (χ3v) is 4.47. The van der Waals surface area contributed by atoms with E-state index in [1.54, 1.807) is 30.3 Å². The summed E-state index contributed by atoms with van der Waals surface area (Å²) in [6, 6.07) is 15.8. The van der Waals surface area contributed by atoms with Gasteiger partial charge in [-0.1, -0.05) is 24.3 Å². The number of carboxylic acids is 1. The van der Waals surface area contributed by atoms with Gasteiger partial charge in [-0.25, -0.2) is 14.2 Å². The fraction of sp³-hybridized carbons (Fsp3) is 0.130. The molecule has 5 nitrogen and oxygen atoms in total. The van der Waals surface area contributed by atoms with E-state index in [1.165, 1.54) is 18.2 Å². The number of fused-ring (bicyclic) bond motifs is 1. The number of alkyl halides is 6. The molecule has 12 heteroatoms. The lowest BCUT2D eigenvalue weighted by Crippen LogP contribution is -2.21. The highest BCUT2D eigenvalue weighted by Gasteiger charge is 2.38. The minimum atomic E-state index is -5.08. The van der Waals surface area contributed by atoms with Gasteiger partial charge in [0.15, 0.2) is 0 Å². The number of nitrogens with zero attached hydrogens (tertiary/aromatic N) is 2. The molecule has 0 saturated heterocycles. The summed E-state index contributed by atoms with van der Waals surface area (Å²) in [5.74, 6) is -3.35. The second-order valence-corrected chi connectivity index (χ2v) is 7.07. The van der Waals surface area contributed by atoms with Crippen LogP contribution < -0.4 is 4.74 Å². The zero-order chi connectivity index (χ0) is 25.8. The number of pyridine rings is 1. The van der Waals surface area contributed by atoms with Crippen molar-refractivity contribution in [1.82, 2.24) is 9.55 Å². The molecule has 4 rings (SSSR count). The number of rotatable bonds is 4. The van der Waals surface area contributed by atoms with E-state index in [9.17, 15) is 30.7 Å². The molecule has 1 N–H and O–H groups in total. The van der Waals surface area contributed by atoms with Crippen molar-refractivity contribution < 1.29 is 45.4 Å². The summed E-state index contributed by atoms with van der Waals surface area (Å²) >= 11 is 0. The first-order valence-electron chi connectivity index (χ1n) is 9.68. The van der Waals surface area contributed by atoms with Crippen molar-refractivity contribution in [2.75, 3.05) is 0 Å². The Morgan fingerprint density at radius 2 is 1.57 bits per heavy atom. The molecule has 0 saturated carbocycles. The van der Waals surface area contributed by atoms with Crippen molar-refractivity contribution in [3.8, 4) is 28.3 Å². The molecule has 0 amide bonds. The second-order valence-electron chi connectivity index (χ2n) is 7.07. The van der Waals surface area contributed by atoms with Gasteiger partial charge in [0.25, 0.3) is 0 Å². The average molecular weight is 500 g/mol. The first-order valence-corrected chi connectivity index (χ1v) is 9.68. The maximum atomic E-state index is 14.0. The quantitative estimate of drug-likeness (QED) is 0.331. The van der Waals surface area contributed by atoms with Crippen molar-refractivity contribution in [2.45, 2.75) is 19.1 Å². The molecule has 0 aromatic heterocycles. The summed E-state index contributed by atoms with van der Waals surface area (Å²) in [6.45, 7) is 0.461. The molecule has 35 heavy (non-hydrogen) atoms. The smallest absolute Gasteiger partial charge is 0.475 e. The molecule has 2 heterocycles. The molecule has 184 valence electrons. The Balaban J connectivity index is 0.000000429. The van der Waals surface area contributed by atoms with Gasteiger partial charge in [-0.2, -0.15) is 13.2 Å². The summed E-state index contributed by atoms with van der Waals surface area (Å²) in [5.41, 5.74) is 3.39. The van der Waals surface area contributed by atoms with E-state index in [4.69, 9.17) is 9.90 Å². The molecule has 0 unspecified atom stereocenters. The van der Waals surface area contributed by atoms with E-state index in [1.807, 2.05) is 29.1 Å². The van der Waals surface area contributed by atoms with Gasteiger partial charge in [0.2, 0.25) is 0 Å². The maximum absolute atomic E-state index is 14.0. The summed E-state index contributed by atoms with van der Waals surface area (Å²) in [5, 5.41) is 7.12. The Labute approximate surface area is 193 Å². The second kappa shape index (κ2) is 10.0.